The predicted octanol–water partition coefficient (Wildman–Crippen LogP) is 2.58. The minimum Gasteiger partial charge on any atom is -0.480 e. The molecule has 0 saturated carbocycles. The molecule has 1 aromatic heterocycles. The molecule has 0 saturated heterocycles. The van der Waals surface area contributed by atoms with Gasteiger partial charge in [-0.25, -0.2) is 0 Å². The number of aromatic nitrogens is 1. The molecule has 0 bridgehead atoms. The van der Waals surface area contributed by atoms with Crippen molar-refractivity contribution in [2.75, 3.05) is 20.3 Å². The highest BCUT2D eigenvalue weighted by atomic mass is 16.4. The first-order valence-corrected chi connectivity index (χ1v) is 8.67. The summed E-state index contributed by atoms with van der Waals surface area (Å²) in [5.74, 6) is -0.972. The van der Waals surface area contributed by atoms with E-state index in [1.165, 1.54) is 19.4 Å². The van der Waals surface area contributed by atoms with Crippen LogP contribution in [0.4, 0.5) is 0 Å². The van der Waals surface area contributed by atoms with E-state index in [1.54, 1.807) is 0 Å². The molecule has 0 unspecified atom stereocenters. The van der Waals surface area contributed by atoms with Gasteiger partial charge in [0.25, 0.3) is 0 Å². The van der Waals surface area contributed by atoms with E-state index in [-0.39, 0.29) is 0 Å². The van der Waals surface area contributed by atoms with Gasteiger partial charge in [0.05, 0.1) is 6.67 Å². The van der Waals surface area contributed by atoms with Crippen LogP contribution in [0.5, 0.6) is 0 Å². The number of aromatic amines is 1. The van der Waals surface area contributed by atoms with E-state index >= 15 is 0 Å². The summed E-state index contributed by atoms with van der Waals surface area (Å²) in [4.78, 5) is 18.2. The number of nitrogens with one attached hydrogen (secondary N) is 1. The number of aliphatic carboxylic acids is 1. The third-order valence-corrected chi connectivity index (χ3v) is 4.17. The Kier molecular flexibility index (Phi) is 6.89. The molecule has 136 valence electrons. The number of hydrogen-bond donors (Lipinski definition) is 3. The molecule has 0 spiro atoms. The van der Waals surface area contributed by atoms with Crippen LogP contribution in [-0.2, 0) is 11.2 Å². The van der Waals surface area contributed by atoms with E-state index in [0.717, 1.165) is 23.1 Å². The normalized spacial score (nSPS) is 14.5. The van der Waals surface area contributed by atoms with Crippen LogP contribution in [0.25, 0.3) is 10.9 Å². The van der Waals surface area contributed by atoms with Crippen LogP contribution in [0.3, 0.4) is 0 Å². The molecule has 1 aliphatic rings. The Morgan fingerprint density at radius 3 is 2.76 bits per heavy atom. The fourth-order valence-corrected chi connectivity index (χ4v) is 2.72. The molecule has 0 aliphatic carbocycles. The Hall–Kier alpha value is -2.47. The van der Waals surface area contributed by atoms with Crippen molar-refractivity contribution < 1.29 is 9.90 Å². The lowest BCUT2D eigenvalue weighted by molar-refractivity contribution is -0.138. The molecule has 6 heteroatoms. The quantitative estimate of drug-likeness (QED) is 0.750. The molecular formula is C19H28N4O2. The lowest BCUT2D eigenvalue weighted by Gasteiger charge is -2.17. The summed E-state index contributed by atoms with van der Waals surface area (Å²) in [7, 11) is 2.10. The molecule has 1 aliphatic heterocycles. The summed E-state index contributed by atoms with van der Waals surface area (Å²) in [6.45, 7) is 4.50. The highest BCUT2D eigenvalue weighted by molar-refractivity contribution is 5.84. The lowest BCUT2D eigenvalue weighted by Crippen LogP contribution is -2.32. The average Bonchev–Trinajstić information content (AvgIpc) is 3.20. The van der Waals surface area contributed by atoms with Crippen LogP contribution in [-0.4, -0.2) is 52.2 Å². The Balaban J connectivity index is 0.000000196. The van der Waals surface area contributed by atoms with Gasteiger partial charge in [0.15, 0.2) is 0 Å². The number of carboxylic acids is 1. The summed E-state index contributed by atoms with van der Waals surface area (Å²) < 4.78 is 0. The number of unbranched alkanes of at least 4 members (excludes halogenated alkanes) is 1. The van der Waals surface area contributed by atoms with E-state index in [9.17, 15) is 4.79 Å². The maximum Gasteiger partial charge on any atom is 0.320 e. The molecule has 2 aromatic rings. The molecule has 2 heterocycles. The lowest BCUT2D eigenvalue weighted by atomic mass is 10.1. The van der Waals surface area contributed by atoms with E-state index in [1.807, 2.05) is 30.5 Å². The maximum absolute atomic E-state index is 10.6. The highest BCUT2D eigenvalue weighted by Gasteiger charge is 2.14. The zero-order chi connectivity index (χ0) is 18.2. The number of benzene rings is 1. The number of carboxylic acid groups (broad SMARTS) is 1. The summed E-state index contributed by atoms with van der Waals surface area (Å²) in [5, 5.41) is 9.75. The Labute approximate surface area is 148 Å². The van der Waals surface area contributed by atoms with Gasteiger partial charge in [-0.05, 0) is 18.1 Å². The second kappa shape index (κ2) is 9.13. The number of hydrogen-bond acceptors (Lipinski definition) is 4. The molecule has 0 fully saturated rings. The largest absolute Gasteiger partial charge is 0.480 e. The Bertz CT molecular complexity index is 710. The summed E-state index contributed by atoms with van der Waals surface area (Å²) in [6.07, 6.45) is 9.03. The third-order valence-electron chi connectivity index (χ3n) is 4.17. The zero-order valence-electron chi connectivity index (χ0n) is 15.0. The van der Waals surface area contributed by atoms with Crippen LogP contribution < -0.4 is 5.73 Å². The van der Waals surface area contributed by atoms with Crippen molar-refractivity contribution in [1.29, 1.82) is 0 Å². The van der Waals surface area contributed by atoms with Crippen molar-refractivity contribution in [3.05, 3.63) is 48.4 Å². The van der Waals surface area contributed by atoms with E-state index in [2.05, 4.69) is 41.2 Å². The van der Waals surface area contributed by atoms with Crippen LogP contribution in [0.1, 0.15) is 25.3 Å². The molecule has 3 rings (SSSR count). The van der Waals surface area contributed by atoms with Crippen molar-refractivity contribution in [3.8, 4) is 0 Å². The number of nitrogens with zero attached hydrogens (tertiary/aromatic N) is 2. The number of para-hydroxylation sites is 1. The minimum absolute atomic E-state index is 0.347. The van der Waals surface area contributed by atoms with E-state index < -0.39 is 12.0 Å². The van der Waals surface area contributed by atoms with Crippen LogP contribution in [0.15, 0.2) is 42.9 Å². The van der Waals surface area contributed by atoms with Gasteiger partial charge in [-0.2, -0.15) is 0 Å². The fourth-order valence-electron chi connectivity index (χ4n) is 2.72. The van der Waals surface area contributed by atoms with Gasteiger partial charge < -0.3 is 25.6 Å². The molecule has 1 aromatic carbocycles. The SMILES string of the molecule is CCCCN1C=CN(C)C1.N[C@@H](Cc1c[nH]c2ccccc12)C(=O)O. The standard InChI is InChI=1S/C11H12N2O2.C8H16N2/c12-9(11(14)15)5-7-6-13-10-4-2-1-3-8(7)10;1-3-4-5-10-7-6-9(2)8-10/h1-4,6,9,13H,5,12H2,(H,14,15);6-7H,3-5,8H2,1-2H3/t9-;/m0./s1. The van der Waals surface area contributed by atoms with Gasteiger partial charge in [-0.1, -0.05) is 31.5 Å². The summed E-state index contributed by atoms with van der Waals surface area (Å²) in [5.41, 5.74) is 7.43. The molecule has 0 radical (unpaired) electrons. The number of nitrogens with two attached hydrogens (primary N) is 1. The number of H-pyrrole nitrogens is 1. The highest BCUT2D eigenvalue weighted by Crippen LogP contribution is 2.18. The van der Waals surface area contributed by atoms with Gasteiger partial charge in [-0.15, -0.1) is 0 Å². The summed E-state index contributed by atoms with van der Waals surface area (Å²) in [6, 6.07) is 6.91. The first-order chi connectivity index (χ1) is 12.0. The predicted molar refractivity (Wildman–Crippen MR) is 101 cm³/mol. The van der Waals surface area contributed by atoms with Gasteiger partial charge in [-0.3, -0.25) is 4.79 Å². The number of rotatable bonds is 6. The van der Waals surface area contributed by atoms with Crippen molar-refractivity contribution in [3.63, 3.8) is 0 Å². The second-order valence-corrected chi connectivity index (χ2v) is 6.37. The zero-order valence-corrected chi connectivity index (χ0v) is 15.0. The van der Waals surface area contributed by atoms with Crippen molar-refractivity contribution in [1.82, 2.24) is 14.8 Å². The fraction of sp³-hybridized carbons (Fsp3) is 0.421. The minimum atomic E-state index is -0.972. The number of fused-ring (bicyclic) bond motifs is 1. The van der Waals surface area contributed by atoms with Crippen molar-refractivity contribution in [2.45, 2.75) is 32.2 Å². The van der Waals surface area contributed by atoms with Gasteiger partial charge in [0, 0.05) is 49.5 Å². The topological polar surface area (TPSA) is 85.6 Å². The first-order valence-electron chi connectivity index (χ1n) is 8.67. The Morgan fingerprint density at radius 2 is 2.12 bits per heavy atom. The van der Waals surface area contributed by atoms with Crippen LogP contribution in [0, 0.1) is 0 Å². The Morgan fingerprint density at radius 1 is 1.36 bits per heavy atom. The van der Waals surface area contributed by atoms with Gasteiger partial charge in [0.1, 0.15) is 6.04 Å². The first kappa shape index (κ1) is 18.9. The molecule has 4 N–H and O–H groups in total. The smallest absolute Gasteiger partial charge is 0.320 e. The van der Waals surface area contributed by atoms with Crippen molar-refractivity contribution >= 4 is 16.9 Å². The molecular weight excluding hydrogens is 316 g/mol. The van der Waals surface area contributed by atoms with E-state index in [4.69, 9.17) is 10.8 Å². The molecule has 6 nitrogen and oxygen atoms in total. The van der Waals surface area contributed by atoms with E-state index in [0.29, 0.717) is 6.42 Å². The monoisotopic (exact) mass is 344 g/mol. The average molecular weight is 344 g/mol. The van der Waals surface area contributed by atoms with Gasteiger partial charge in [0.2, 0.25) is 0 Å². The molecule has 25 heavy (non-hydrogen) atoms. The maximum atomic E-state index is 10.6. The second-order valence-electron chi connectivity index (χ2n) is 6.37. The summed E-state index contributed by atoms with van der Waals surface area (Å²) >= 11 is 0. The number of carbonyl (C=O) groups is 1. The van der Waals surface area contributed by atoms with Crippen LogP contribution in [0.2, 0.25) is 0 Å². The molecule has 1 atom stereocenters. The van der Waals surface area contributed by atoms with Gasteiger partial charge >= 0.3 is 5.97 Å². The third kappa shape index (κ3) is 5.53. The van der Waals surface area contributed by atoms with Crippen molar-refractivity contribution in [2.24, 2.45) is 5.73 Å². The van der Waals surface area contributed by atoms with Crippen LogP contribution >= 0.6 is 0 Å². The molecule has 0 amide bonds.